The third-order valence-corrected chi connectivity index (χ3v) is 3.48. The molecule has 4 heteroatoms. The molecule has 0 saturated carbocycles. The monoisotopic (exact) mass is 278 g/mol. The van der Waals surface area contributed by atoms with Crippen molar-refractivity contribution in [2.75, 3.05) is 6.54 Å². The Bertz CT molecular complexity index is 524. The smallest absolute Gasteiger partial charge is 0.123 e. The summed E-state index contributed by atoms with van der Waals surface area (Å²) in [4.78, 5) is 4.02. The molecule has 0 radical (unpaired) electrons. The molecule has 2 rings (SSSR count). The van der Waals surface area contributed by atoms with Crippen molar-refractivity contribution in [3.05, 3.63) is 52.7 Å². The van der Waals surface area contributed by atoms with Gasteiger partial charge in [-0.1, -0.05) is 18.5 Å². The third-order valence-electron chi connectivity index (χ3n) is 3.14. The van der Waals surface area contributed by atoms with E-state index in [9.17, 15) is 0 Å². The first kappa shape index (κ1) is 14.1. The number of furan rings is 1. The SMILES string of the molecule is CCCNC(Cc1ccncc1Cl)c1occc1C. The van der Waals surface area contributed by atoms with E-state index in [1.54, 1.807) is 18.7 Å². The number of aromatic nitrogens is 1. The van der Waals surface area contributed by atoms with Gasteiger partial charge in [-0.15, -0.1) is 0 Å². The van der Waals surface area contributed by atoms with E-state index in [4.69, 9.17) is 16.0 Å². The third kappa shape index (κ3) is 3.58. The van der Waals surface area contributed by atoms with Gasteiger partial charge >= 0.3 is 0 Å². The minimum absolute atomic E-state index is 0.148. The van der Waals surface area contributed by atoms with E-state index in [2.05, 4.69) is 24.1 Å². The van der Waals surface area contributed by atoms with Gasteiger partial charge in [-0.25, -0.2) is 0 Å². The van der Waals surface area contributed by atoms with E-state index in [1.165, 1.54) is 5.56 Å². The van der Waals surface area contributed by atoms with Gasteiger partial charge in [0.15, 0.2) is 0 Å². The van der Waals surface area contributed by atoms with Crippen molar-refractivity contribution in [2.45, 2.75) is 32.7 Å². The van der Waals surface area contributed by atoms with E-state index in [-0.39, 0.29) is 6.04 Å². The molecule has 0 spiro atoms. The molecule has 0 saturated heterocycles. The fraction of sp³-hybridized carbons (Fsp3) is 0.400. The largest absolute Gasteiger partial charge is 0.467 e. The zero-order valence-corrected chi connectivity index (χ0v) is 12.1. The number of hydrogen-bond acceptors (Lipinski definition) is 3. The Hall–Kier alpha value is -1.32. The fourth-order valence-electron chi connectivity index (χ4n) is 2.11. The predicted molar refractivity (Wildman–Crippen MR) is 77.4 cm³/mol. The van der Waals surface area contributed by atoms with Crippen molar-refractivity contribution in [3.8, 4) is 0 Å². The number of aryl methyl sites for hydroxylation is 1. The molecule has 102 valence electrons. The molecule has 0 bridgehead atoms. The molecule has 1 atom stereocenters. The average molecular weight is 279 g/mol. The Labute approximate surface area is 119 Å². The summed E-state index contributed by atoms with van der Waals surface area (Å²) in [5, 5.41) is 4.22. The number of rotatable bonds is 6. The zero-order valence-electron chi connectivity index (χ0n) is 11.3. The molecule has 2 aromatic rings. The molecule has 1 unspecified atom stereocenters. The van der Waals surface area contributed by atoms with Crippen LogP contribution in [0.1, 0.15) is 36.3 Å². The maximum atomic E-state index is 6.18. The van der Waals surface area contributed by atoms with Crippen molar-refractivity contribution < 1.29 is 4.42 Å². The van der Waals surface area contributed by atoms with Crippen molar-refractivity contribution in [2.24, 2.45) is 0 Å². The minimum Gasteiger partial charge on any atom is -0.467 e. The molecule has 0 amide bonds. The second-order valence-corrected chi connectivity index (χ2v) is 5.05. The van der Waals surface area contributed by atoms with Crippen LogP contribution in [0.15, 0.2) is 35.2 Å². The maximum Gasteiger partial charge on any atom is 0.123 e. The Kier molecular flexibility index (Phi) is 5.00. The first-order valence-corrected chi connectivity index (χ1v) is 6.96. The molecule has 0 aliphatic heterocycles. The number of nitrogens with one attached hydrogen (secondary N) is 1. The summed E-state index contributed by atoms with van der Waals surface area (Å²) in [5.41, 5.74) is 2.25. The van der Waals surface area contributed by atoms with Gasteiger partial charge in [0.2, 0.25) is 0 Å². The summed E-state index contributed by atoms with van der Waals surface area (Å²) in [6.45, 7) is 5.17. The van der Waals surface area contributed by atoms with Gasteiger partial charge in [0.05, 0.1) is 17.3 Å². The predicted octanol–water partition coefficient (Wildman–Crippen LogP) is 3.92. The molecular weight excluding hydrogens is 260 g/mol. The van der Waals surface area contributed by atoms with Gasteiger partial charge in [0, 0.05) is 12.4 Å². The Morgan fingerprint density at radius 3 is 2.89 bits per heavy atom. The van der Waals surface area contributed by atoms with E-state index in [0.29, 0.717) is 5.02 Å². The molecular formula is C15H19ClN2O. The van der Waals surface area contributed by atoms with E-state index < -0.39 is 0 Å². The first-order valence-electron chi connectivity index (χ1n) is 6.58. The molecule has 0 fully saturated rings. The van der Waals surface area contributed by atoms with Gasteiger partial charge in [-0.3, -0.25) is 4.98 Å². The second-order valence-electron chi connectivity index (χ2n) is 4.65. The fourth-order valence-corrected chi connectivity index (χ4v) is 2.30. The summed E-state index contributed by atoms with van der Waals surface area (Å²) in [6, 6.07) is 4.10. The highest BCUT2D eigenvalue weighted by Gasteiger charge is 2.18. The lowest BCUT2D eigenvalue weighted by Crippen LogP contribution is -2.24. The summed E-state index contributed by atoms with van der Waals surface area (Å²) >= 11 is 6.18. The van der Waals surface area contributed by atoms with E-state index >= 15 is 0 Å². The Morgan fingerprint density at radius 1 is 1.42 bits per heavy atom. The normalized spacial score (nSPS) is 12.6. The molecule has 3 nitrogen and oxygen atoms in total. The van der Waals surface area contributed by atoms with Crippen LogP contribution in [-0.2, 0) is 6.42 Å². The molecule has 2 aromatic heterocycles. The van der Waals surface area contributed by atoms with Crippen LogP contribution >= 0.6 is 11.6 Å². The van der Waals surface area contributed by atoms with Crippen LogP contribution < -0.4 is 5.32 Å². The topological polar surface area (TPSA) is 38.1 Å². The Balaban J connectivity index is 2.19. The molecule has 2 heterocycles. The van der Waals surface area contributed by atoms with Gasteiger partial charge in [0.1, 0.15) is 5.76 Å². The summed E-state index contributed by atoms with van der Waals surface area (Å²) in [6.07, 6.45) is 7.07. The van der Waals surface area contributed by atoms with Crippen molar-refractivity contribution in [1.29, 1.82) is 0 Å². The molecule has 0 aromatic carbocycles. The summed E-state index contributed by atoms with van der Waals surface area (Å²) in [5.74, 6) is 0.987. The lowest BCUT2D eigenvalue weighted by Gasteiger charge is -2.18. The van der Waals surface area contributed by atoms with Crippen molar-refractivity contribution >= 4 is 11.6 Å². The first-order chi connectivity index (χ1) is 9.22. The van der Waals surface area contributed by atoms with Gasteiger partial charge < -0.3 is 9.73 Å². The van der Waals surface area contributed by atoms with Crippen molar-refractivity contribution in [3.63, 3.8) is 0 Å². The van der Waals surface area contributed by atoms with Crippen LogP contribution in [0.5, 0.6) is 0 Å². The highest BCUT2D eigenvalue weighted by molar-refractivity contribution is 6.31. The Morgan fingerprint density at radius 2 is 2.26 bits per heavy atom. The van der Waals surface area contributed by atoms with Crippen LogP contribution in [0.4, 0.5) is 0 Å². The minimum atomic E-state index is 0.148. The van der Waals surface area contributed by atoms with Crippen LogP contribution in [0.25, 0.3) is 0 Å². The van der Waals surface area contributed by atoms with Gasteiger partial charge in [-0.05, 0) is 49.6 Å². The lowest BCUT2D eigenvalue weighted by molar-refractivity contribution is 0.408. The van der Waals surface area contributed by atoms with E-state index in [1.807, 2.05) is 12.1 Å². The summed E-state index contributed by atoms with van der Waals surface area (Å²) in [7, 11) is 0. The number of pyridine rings is 1. The van der Waals surface area contributed by atoms with Crippen LogP contribution in [-0.4, -0.2) is 11.5 Å². The second kappa shape index (κ2) is 6.73. The van der Waals surface area contributed by atoms with Gasteiger partial charge in [-0.2, -0.15) is 0 Å². The lowest BCUT2D eigenvalue weighted by atomic mass is 10.0. The number of halogens is 1. The quantitative estimate of drug-likeness (QED) is 0.870. The van der Waals surface area contributed by atoms with Crippen molar-refractivity contribution in [1.82, 2.24) is 10.3 Å². The van der Waals surface area contributed by atoms with Crippen LogP contribution in [0, 0.1) is 6.92 Å². The highest BCUT2D eigenvalue weighted by Crippen LogP contribution is 2.25. The maximum absolute atomic E-state index is 6.18. The van der Waals surface area contributed by atoms with Gasteiger partial charge in [0.25, 0.3) is 0 Å². The standard InChI is InChI=1S/C15H19ClN2O/c1-3-6-18-14(15-11(2)5-8-19-15)9-12-4-7-17-10-13(12)16/h4-5,7-8,10,14,18H,3,6,9H2,1-2H3. The van der Waals surface area contributed by atoms with E-state index in [0.717, 1.165) is 30.7 Å². The number of hydrogen-bond donors (Lipinski definition) is 1. The summed E-state index contributed by atoms with van der Waals surface area (Å²) < 4.78 is 5.61. The van der Waals surface area contributed by atoms with Crippen LogP contribution in [0.3, 0.4) is 0 Å². The molecule has 0 aliphatic carbocycles. The molecule has 0 aliphatic rings. The highest BCUT2D eigenvalue weighted by atomic mass is 35.5. The molecule has 19 heavy (non-hydrogen) atoms. The number of nitrogens with zero attached hydrogens (tertiary/aromatic N) is 1. The van der Waals surface area contributed by atoms with Crippen LogP contribution in [0.2, 0.25) is 5.02 Å². The molecule has 1 N–H and O–H groups in total. The average Bonchev–Trinajstić information content (AvgIpc) is 2.83. The zero-order chi connectivity index (χ0) is 13.7.